The highest BCUT2D eigenvalue weighted by molar-refractivity contribution is 6.13. The minimum absolute atomic E-state index is 0.354. The molecule has 202 valence electrons. The Morgan fingerprint density at radius 1 is 0.658 bits per heavy atom. The molecule has 0 bridgehead atoms. The molecule has 3 aromatic rings. The molecule has 0 atom stereocenters. The summed E-state index contributed by atoms with van der Waals surface area (Å²) in [5.41, 5.74) is 0.945. The number of aryl methyl sites for hydroxylation is 1. The molecular weight excluding hydrogens is 480 g/mol. The van der Waals surface area contributed by atoms with E-state index in [1.807, 2.05) is 61.5 Å². The lowest BCUT2D eigenvalue weighted by Crippen LogP contribution is -2.10. The van der Waals surface area contributed by atoms with E-state index in [0.717, 1.165) is 56.9 Å². The first-order valence-electron chi connectivity index (χ1n) is 13.6. The third kappa shape index (κ3) is 7.85. The van der Waals surface area contributed by atoms with E-state index in [9.17, 15) is 9.59 Å². The van der Waals surface area contributed by atoms with Crippen LogP contribution in [0.3, 0.4) is 0 Å². The lowest BCUT2D eigenvalue weighted by Gasteiger charge is -2.17. The monoisotopic (exact) mass is 518 g/mol. The van der Waals surface area contributed by atoms with Gasteiger partial charge in [-0.25, -0.2) is 9.59 Å². The second-order valence-corrected chi connectivity index (χ2v) is 9.07. The van der Waals surface area contributed by atoms with Gasteiger partial charge in [0.2, 0.25) is 0 Å². The van der Waals surface area contributed by atoms with Crippen molar-refractivity contribution >= 4 is 33.9 Å². The highest BCUT2D eigenvalue weighted by Gasteiger charge is 2.22. The summed E-state index contributed by atoms with van der Waals surface area (Å²) in [7, 11) is 0. The molecule has 0 aliphatic heterocycles. The second kappa shape index (κ2) is 15.5. The van der Waals surface area contributed by atoms with E-state index >= 15 is 0 Å². The summed E-state index contributed by atoms with van der Waals surface area (Å²) in [5.74, 6) is 0.723. The van der Waals surface area contributed by atoms with E-state index in [1.54, 1.807) is 0 Å². The van der Waals surface area contributed by atoms with Crippen LogP contribution in [-0.2, 0) is 15.9 Å². The van der Waals surface area contributed by atoms with Crippen LogP contribution in [0.4, 0.5) is 9.59 Å². The molecule has 0 saturated carbocycles. The molecule has 0 amide bonds. The van der Waals surface area contributed by atoms with Crippen molar-refractivity contribution in [2.75, 3.05) is 0 Å². The first-order valence-corrected chi connectivity index (χ1v) is 13.6. The Hall–Kier alpha value is -3.80. The Labute approximate surface area is 225 Å². The Kier molecular flexibility index (Phi) is 11.7. The van der Waals surface area contributed by atoms with Crippen LogP contribution < -0.4 is 9.47 Å². The predicted octanol–water partition coefficient (Wildman–Crippen LogP) is 9.77. The zero-order valence-electron chi connectivity index (χ0n) is 22.7. The number of rotatable bonds is 13. The number of hydrogen-bond acceptors (Lipinski definition) is 6. The second-order valence-electron chi connectivity index (χ2n) is 9.07. The molecule has 0 aliphatic rings. The first-order chi connectivity index (χ1) is 18.6. The molecule has 0 fully saturated rings. The molecule has 0 spiro atoms. The zero-order chi connectivity index (χ0) is 27.2. The summed E-state index contributed by atoms with van der Waals surface area (Å²) >= 11 is 0. The van der Waals surface area contributed by atoms with Gasteiger partial charge in [0, 0.05) is 21.5 Å². The van der Waals surface area contributed by atoms with Crippen LogP contribution in [0.25, 0.3) is 21.5 Å². The van der Waals surface area contributed by atoms with Gasteiger partial charge in [0.25, 0.3) is 0 Å². The van der Waals surface area contributed by atoms with E-state index in [1.165, 1.54) is 12.5 Å². The topological polar surface area (TPSA) is 71.1 Å². The molecule has 6 nitrogen and oxygen atoms in total. The molecule has 0 heterocycles. The standard InChI is InChI=1S/C32H38O6/c1-4-7-9-11-15-22-35-31(33)37-29-25-19-13-14-20-26(25)30(28-24(6-3)18-17-21-27(28)29)38-32(34)36-23-16-12-10-8-5-2/h13-23H,4-12H2,1-3H3/b22-15+,23-16+. The highest BCUT2D eigenvalue weighted by atomic mass is 16.7. The molecule has 0 radical (unpaired) electrons. The van der Waals surface area contributed by atoms with Gasteiger partial charge in [0.15, 0.2) is 5.75 Å². The van der Waals surface area contributed by atoms with Gasteiger partial charge >= 0.3 is 12.3 Å². The number of benzene rings is 3. The number of allylic oxidation sites excluding steroid dienone is 2. The van der Waals surface area contributed by atoms with Gasteiger partial charge in [-0.1, -0.05) is 88.9 Å². The molecule has 0 aliphatic carbocycles. The summed E-state index contributed by atoms with van der Waals surface area (Å²) in [6.07, 6.45) is 13.7. The quantitative estimate of drug-likeness (QED) is 0.0737. The molecular formula is C32H38O6. The fraction of sp³-hybridized carbons (Fsp3) is 0.375. The van der Waals surface area contributed by atoms with Gasteiger partial charge < -0.3 is 18.9 Å². The molecule has 0 saturated heterocycles. The molecule has 38 heavy (non-hydrogen) atoms. The summed E-state index contributed by atoms with van der Waals surface area (Å²) in [5, 5.41) is 2.58. The van der Waals surface area contributed by atoms with Gasteiger partial charge in [0.1, 0.15) is 5.75 Å². The van der Waals surface area contributed by atoms with Crippen LogP contribution in [0.1, 0.15) is 77.7 Å². The van der Waals surface area contributed by atoms with Crippen LogP contribution in [0, 0.1) is 0 Å². The van der Waals surface area contributed by atoms with Gasteiger partial charge in [-0.2, -0.15) is 0 Å². The lowest BCUT2D eigenvalue weighted by atomic mass is 9.96. The van der Waals surface area contributed by atoms with Crippen LogP contribution in [0.5, 0.6) is 11.5 Å². The molecule has 3 rings (SSSR count). The van der Waals surface area contributed by atoms with Crippen molar-refractivity contribution in [1.29, 1.82) is 0 Å². The Morgan fingerprint density at radius 3 is 1.74 bits per heavy atom. The van der Waals surface area contributed by atoms with Crippen molar-refractivity contribution in [3.8, 4) is 11.5 Å². The van der Waals surface area contributed by atoms with E-state index in [4.69, 9.17) is 18.9 Å². The maximum atomic E-state index is 12.7. The van der Waals surface area contributed by atoms with Gasteiger partial charge in [0.05, 0.1) is 12.5 Å². The van der Waals surface area contributed by atoms with Gasteiger partial charge in [-0.3, -0.25) is 0 Å². The van der Waals surface area contributed by atoms with Crippen molar-refractivity contribution in [2.24, 2.45) is 0 Å². The maximum Gasteiger partial charge on any atom is 0.518 e. The van der Waals surface area contributed by atoms with E-state index in [-0.39, 0.29) is 0 Å². The molecule has 6 heteroatoms. The summed E-state index contributed by atoms with van der Waals surface area (Å²) in [4.78, 5) is 25.3. The minimum atomic E-state index is -0.827. The number of unbranched alkanes of at least 4 members (excludes halogenated alkanes) is 6. The molecule has 3 aromatic carbocycles. The number of carbonyl (C=O) groups is 2. The smallest absolute Gasteiger partial charge is 0.403 e. The largest absolute Gasteiger partial charge is 0.518 e. The zero-order valence-corrected chi connectivity index (χ0v) is 22.7. The first kappa shape index (κ1) is 28.8. The average Bonchev–Trinajstić information content (AvgIpc) is 2.93. The van der Waals surface area contributed by atoms with E-state index < -0.39 is 12.3 Å². The SMILES string of the molecule is CCCCC/C=C/OC(=O)Oc1c2ccccc2c(OC(=O)O/C=C/CCCCC)c2c(CC)cccc12. The fourth-order valence-corrected chi connectivity index (χ4v) is 4.31. The number of fused-ring (bicyclic) bond motifs is 2. The van der Waals surface area contributed by atoms with Crippen LogP contribution >= 0.6 is 0 Å². The molecule has 0 aromatic heterocycles. The summed E-state index contributed by atoms with van der Waals surface area (Å²) < 4.78 is 21.9. The highest BCUT2D eigenvalue weighted by Crippen LogP contribution is 2.44. The Bertz CT molecular complexity index is 1270. The van der Waals surface area contributed by atoms with Crippen molar-refractivity contribution in [1.82, 2.24) is 0 Å². The van der Waals surface area contributed by atoms with Crippen LogP contribution in [0.2, 0.25) is 0 Å². The fourth-order valence-electron chi connectivity index (χ4n) is 4.31. The van der Waals surface area contributed by atoms with Crippen LogP contribution in [0.15, 0.2) is 67.1 Å². The minimum Gasteiger partial charge on any atom is -0.403 e. The molecule has 0 N–H and O–H groups in total. The maximum absolute atomic E-state index is 12.7. The molecule has 0 unspecified atom stereocenters. The van der Waals surface area contributed by atoms with Crippen molar-refractivity contribution in [3.63, 3.8) is 0 Å². The van der Waals surface area contributed by atoms with E-state index in [0.29, 0.717) is 39.5 Å². The van der Waals surface area contributed by atoms with Gasteiger partial charge in [-0.05, 0) is 49.8 Å². The van der Waals surface area contributed by atoms with Crippen molar-refractivity contribution < 1.29 is 28.5 Å². The predicted molar refractivity (Wildman–Crippen MR) is 152 cm³/mol. The van der Waals surface area contributed by atoms with Crippen molar-refractivity contribution in [2.45, 2.75) is 78.6 Å². The van der Waals surface area contributed by atoms with E-state index in [2.05, 4.69) is 13.8 Å². The third-order valence-electron chi connectivity index (χ3n) is 6.26. The van der Waals surface area contributed by atoms with Gasteiger partial charge in [-0.15, -0.1) is 0 Å². The number of hydrogen-bond donors (Lipinski definition) is 0. The Morgan fingerprint density at radius 2 is 1.18 bits per heavy atom. The van der Waals surface area contributed by atoms with Crippen molar-refractivity contribution in [3.05, 3.63) is 72.7 Å². The number of carbonyl (C=O) groups excluding carboxylic acids is 2. The average molecular weight is 519 g/mol. The summed E-state index contributed by atoms with van der Waals surface area (Å²) in [6, 6.07) is 13.0. The third-order valence-corrected chi connectivity index (χ3v) is 6.26. The Balaban J connectivity index is 1.92. The van der Waals surface area contributed by atoms with Crippen LogP contribution in [-0.4, -0.2) is 12.3 Å². The lowest BCUT2D eigenvalue weighted by molar-refractivity contribution is 0.134. The normalized spacial score (nSPS) is 11.4. The number of ether oxygens (including phenoxy) is 4. The summed E-state index contributed by atoms with van der Waals surface area (Å²) in [6.45, 7) is 6.30.